The Morgan fingerprint density at radius 2 is 2.23 bits per heavy atom. The molecule has 26 heavy (non-hydrogen) atoms. The molecule has 0 bridgehead atoms. The molecule has 0 spiro atoms. The standard InChI is InChI=1S/C19H18ClN3O3/c1-25-15-5-2-4-12(17(15)20)10-23-8-7-13-14(11-23)21-18(22-19(13)24)16-6-3-9-26-16/h2-6,9H,7-8,10-11H2,1H3,(H,21,22,24). The number of ether oxygens (including phenoxy) is 1. The zero-order valence-corrected chi connectivity index (χ0v) is 15.0. The van der Waals surface area contributed by atoms with Gasteiger partial charge in [-0.15, -0.1) is 0 Å². The molecule has 7 heteroatoms. The molecule has 2 aromatic heterocycles. The molecule has 4 rings (SSSR count). The first kappa shape index (κ1) is 16.9. The third kappa shape index (κ3) is 3.13. The monoisotopic (exact) mass is 371 g/mol. The van der Waals surface area contributed by atoms with Crippen LogP contribution < -0.4 is 10.3 Å². The first-order valence-corrected chi connectivity index (χ1v) is 8.73. The highest BCUT2D eigenvalue weighted by molar-refractivity contribution is 6.32. The Balaban J connectivity index is 1.61. The van der Waals surface area contributed by atoms with Crippen LogP contribution in [0.25, 0.3) is 11.6 Å². The molecule has 1 aliphatic heterocycles. The quantitative estimate of drug-likeness (QED) is 0.762. The van der Waals surface area contributed by atoms with E-state index in [-0.39, 0.29) is 5.56 Å². The molecule has 0 unspecified atom stereocenters. The van der Waals surface area contributed by atoms with E-state index in [1.54, 1.807) is 25.5 Å². The molecule has 3 aromatic rings. The van der Waals surface area contributed by atoms with E-state index >= 15 is 0 Å². The van der Waals surface area contributed by atoms with Gasteiger partial charge in [-0.25, -0.2) is 4.98 Å². The largest absolute Gasteiger partial charge is 0.495 e. The minimum atomic E-state index is -0.0968. The van der Waals surface area contributed by atoms with Crippen molar-refractivity contribution < 1.29 is 9.15 Å². The molecule has 6 nitrogen and oxygen atoms in total. The lowest BCUT2D eigenvalue weighted by Crippen LogP contribution is -2.35. The summed E-state index contributed by atoms with van der Waals surface area (Å²) in [6.07, 6.45) is 2.21. The maximum atomic E-state index is 12.4. The van der Waals surface area contributed by atoms with Crippen molar-refractivity contribution in [1.29, 1.82) is 0 Å². The van der Waals surface area contributed by atoms with E-state index in [0.717, 1.165) is 23.4 Å². The van der Waals surface area contributed by atoms with Crippen LogP contribution in [0.2, 0.25) is 5.02 Å². The number of aromatic amines is 1. The summed E-state index contributed by atoms with van der Waals surface area (Å²) in [5.41, 5.74) is 2.42. The van der Waals surface area contributed by atoms with Gasteiger partial charge in [-0.2, -0.15) is 0 Å². The van der Waals surface area contributed by atoms with E-state index < -0.39 is 0 Å². The van der Waals surface area contributed by atoms with Crippen molar-refractivity contribution in [2.24, 2.45) is 0 Å². The van der Waals surface area contributed by atoms with Gasteiger partial charge in [0.15, 0.2) is 11.6 Å². The highest BCUT2D eigenvalue weighted by atomic mass is 35.5. The van der Waals surface area contributed by atoms with Gasteiger partial charge in [-0.1, -0.05) is 23.7 Å². The Morgan fingerprint density at radius 3 is 3.00 bits per heavy atom. The van der Waals surface area contributed by atoms with Crippen LogP contribution in [0.1, 0.15) is 16.8 Å². The number of halogens is 1. The maximum absolute atomic E-state index is 12.4. The van der Waals surface area contributed by atoms with E-state index in [1.807, 2.05) is 18.2 Å². The van der Waals surface area contributed by atoms with Crippen LogP contribution in [-0.4, -0.2) is 28.5 Å². The molecule has 0 aliphatic carbocycles. The van der Waals surface area contributed by atoms with Gasteiger partial charge in [0.2, 0.25) is 0 Å². The third-order valence-corrected chi connectivity index (χ3v) is 4.99. The fourth-order valence-corrected chi connectivity index (χ4v) is 3.50. The minimum Gasteiger partial charge on any atom is -0.495 e. The summed E-state index contributed by atoms with van der Waals surface area (Å²) in [6.45, 7) is 2.02. The highest BCUT2D eigenvalue weighted by Crippen LogP contribution is 2.29. The summed E-state index contributed by atoms with van der Waals surface area (Å²) in [6, 6.07) is 9.30. The molecular formula is C19H18ClN3O3. The van der Waals surface area contributed by atoms with Gasteiger partial charge in [-0.05, 0) is 30.2 Å². The molecule has 0 fully saturated rings. The molecular weight excluding hydrogens is 354 g/mol. The van der Waals surface area contributed by atoms with Crippen molar-refractivity contribution in [2.45, 2.75) is 19.5 Å². The summed E-state index contributed by atoms with van der Waals surface area (Å²) in [4.78, 5) is 22.0. The predicted octanol–water partition coefficient (Wildman–Crippen LogP) is 3.25. The number of nitrogens with zero attached hydrogens (tertiary/aromatic N) is 2. The van der Waals surface area contributed by atoms with Crippen molar-refractivity contribution in [3.8, 4) is 17.3 Å². The fraction of sp³-hybridized carbons (Fsp3) is 0.263. The Labute approximate surface area is 155 Å². The molecule has 1 aromatic carbocycles. The second-order valence-corrected chi connectivity index (χ2v) is 6.59. The van der Waals surface area contributed by atoms with Crippen molar-refractivity contribution >= 4 is 11.6 Å². The lowest BCUT2D eigenvalue weighted by molar-refractivity contribution is 0.240. The Kier molecular flexibility index (Phi) is 4.53. The topological polar surface area (TPSA) is 71.4 Å². The lowest BCUT2D eigenvalue weighted by Gasteiger charge is -2.28. The number of H-pyrrole nitrogens is 1. The first-order chi connectivity index (χ1) is 12.7. The van der Waals surface area contributed by atoms with E-state index in [9.17, 15) is 4.79 Å². The maximum Gasteiger partial charge on any atom is 0.254 e. The number of hydrogen-bond donors (Lipinski definition) is 1. The molecule has 0 amide bonds. The van der Waals surface area contributed by atoms with E-state index in [2.05, 4.69) is 14.9 Å². The molecule has 0 saturated heterocycles. The molecule has 134 valence electrons. The van der Waals surface area contributed by atoms with Gasteiger partial charge in [0.25, 0.3) is 5.56 Å². The number of fused-ring (bicyclic) bond motifs is 1. The predicted molar refractivity (Wildman–Crippen MR) is 98.4 cm³/mol. The van der Waals surface area contributed by atoms with Crippen LogP contribution in [0.3, 0.4) is 0 Å². The molecule has 1 aliphatic rings. The number of hydrogen-bond acceptors (Lipinski definition) is 5. The second-order valence-electron chi connectivity index (χ2n) is 6.21. The fourth-order valence-electron chi connectivity index (χ4n) is 3.24. The van der Waals surface area contributed by atoms with Gasteiger partial charge in [0.1, 0.15) is 5.75 Å². The molecule has 1 N–H and O–H groups in total. The number of rotatable bonds is 4. The SMILES string of the molecule is COc1cccc(CN2CCc3c(nc(-c4ccco4)[nH]c3=O)C2)c1Cl. The van der Waals surface area contributed by atoms with Crippen molar-refractivity contribution in [2.75, 3.05) is 13.7 Å². The van der Waals surface area contributed by atoms with Crippen LogP contribution in [0.5, 0.6) is 5.75 Å². The summed E-state index contributed by atoms with van der Waals surface area (Å²) >= 11 is 6.41. The zero-order valence-electron chi connectivity index (χ0n) is 14.3. The van der Waals surface area contributed by atoms with E-state index in [1.165, 1.54) is 0 Å². The minimum absolute atomic E-state index is 0.0968. The Hall–Kier alpha value is -2.57. The smallest absolute Gasteiger partial charge is 0.254 e. The zero-order chi connectivity index (χ0) is 18.1. The number of aromatic nitrogens is 2. The van der Waals surface area contributed by atoms with Gasteiger partial charge < -0.3 is 14.1 Å². The van der Waals surface area contributed by atoms with Crippen LogP contribution in [0.4, 0.5) is 0 Å². The van der Waals surface area contributed by atoms with Gasteiger partial charge >= 0.3 is 0 Å². The number of nitrogens with one attached hydrogen (secondary N) is 1. The Morgan fingerprint density at radius 1 is 1.35 bits per heavy atom. The second kappa shape index (κ2) is 6.97. The van der Waals surface area contributed by atoms with Crippen molar-refractivity contribution in [3.63, 3.8) is 0 Å². The normalized spacial score (nSPS) is 14.2. The average molecular weight is 372 g/mol. The van der Waals surface area contributed by atoms with Crippen LogP contribution in [0.15, 0.2) is 45.8 Å². The molecule has 0 radical (unpaired) electrons. The highest BCUT2D eigenvalue weighted by Gasteiger charge is 2.23. The van der Waals surface area contributed by atoms with Crippen molar-refractivity contribution in [1.82, 2.24) is 14.9 Å². The van der Waals surface area contributed by atoms with Gasteiger partial charge in [0, 0.05) is 25.2 Å². The first-order valence-electron chi connectivity index (χ1n) is 8.35. The molecule has 3 heterocycles. The van der Waals surface area contributed by atoms with Gasteiger partial charge in [0.05, 0.1) is 24.1 Å². The summed E-state index contributed by atoms with van der Waals surface area (Å²) in [5.74, 6) is 1.68. The third-order valence-electron chi connectivity index (χ3n) is 4.56. The number of methoxy groups -OCH3 is 1. The van der Waals surface area contributed by atoms with Crippen LogP contribution >= 0.6 is 11.6 Å². The summed E-state index contributed by atoms with van der Waals surface area (Å²) in [7, 11) is 1.61. The van der Waals surface area contributed by atoms with E-state index in [0.29, 0.717) is 41.9 Å². The van der Waals surface area contributed by atoms with Crippen LogP contribution in [0, 0.1) is 0 Å². The summed E-state index contributed by atoms with van der Waals surface area (Å²) in [5, 5.41) is 0.621. The molecule has 0 atom stereocenters. The Bertz CT molecular complexity index is 982. The lowest BCUT2D eigenvalue weighted by atomic mass is 10.1. The number of benzene rings is 1. The molecule has 0 saturated carbocycles. The van der Waals surface area contributed by atoms with E-state index in [4.69, 9.17) is 20.8 Å². The van der Waals surface area contributed by atoms with Crippen LogP contribution in [-0.2, 0) is 19.5 Å². The summed E-state index contributed by atoms with van der Waals surface area (Å²) < 4.78 is 10.6. The average Bonchev–Trinajstić information content (AvgIpc) is 3.18. The van der Waals surface area contributed by atoms with Crippen molar-refractivity contribution in [3.05, 3.63) is 68.8 Å². The number of furan rings is 1. The van der Waals surface area contributed by atoms with Gasteiger partial charge in [-0.3, -0.25) is 9.69 Å².